The van der Waals surface area contributed by atoms with E-state index < -0.39 is 0 Å². The molecule has 1 saturated carbocycles. The van der Waals surface area contributed by atoms with Gasteiger partial charge in [-0.3, -0.25) is 9.59 Å². The Labute approximate surface area is 164 Å². The van der Waals surface area contributed by atoms with Gasteiger partial charge in [-0.25, -0.2) is 4.98 Å². The van der Waals surface area contributed by atoms with Gasteiger partial charge in [-0.1, -0.05) is 29.2 Å². The minimum absolute atomic E-state index is 0.00453. The van der Waals surface area contributed by atoms with Crippen LogP contribution in [0.4, 0.5) is 10.9 Å². The number of amides is 2. The number of benzene rings is 1. The van der Waals surface area contributed by atoms with Gasteiger partial charge in [0.2, 0.25) is 11.8 Å². The Kier molecular flexibility index (Phi) is 5.04. The first kappa shape index (κ1) is 17.9. The normalized spacial score (nSPS) is 13.5. The lowest BCUT2D eigenvalue weighted by atomic mass is 10.2. The molecule has 0 bridgehead atoms. The number of fused-ring (bicyclic) bond motifs is 1. The maximum Gasteiger partial charge on any atom is 0.236 e. The van der Waals surface area contributed by atoms with Gasteiger partial charge in [-0.2, -0.15) is 0 Å². The molecule has 0 aliphatic heterocycles. The second-order valence-electron chi connectivity index (χ2n) is 6.35. The third-order valence-corrected chi connectivity index (χ3v) is 5.83. The van der Waals surface area contributed by atoms with Crippen LogP contribution in [0.5, 0.6) is 0 Å². The number of hydrogen-bond acceptors (Lipinski definition) is 7. The summed E-state index contributed by atoms with van der Waals surface area (Å²) in [6, 6.07) is 9.44. The highest BCUT2D eigenvalue weighted by molar-refractivity contribution is 7.99. The Bertz CT molecular complexity index is 999. The lowest BCUT2D eigenvalue weighted by Crippen LogP contribution is -2.15. The molecule has 1 fully saturated rings. The topological polar surface area (TPSA) is 96.9 Å². The van der Waals surface area contributed by atoms with Gasteiger partial charge in [-0.05, 0) is 49.6 Å². The second-order valence-corrected chi connectivity index (χ2v) is 8.37. The van der Waals surface area contributed by atoms with Crippen molar-refractivity contribution in [2.45, 2.75) is 24.8 Å². The lowest BCUT2D eigenvalue weighted by molar-refractivity contribution is -0.117. The number of thiazole rings is 1. The monoisotopic (exact) mass is 399 g/mol. The average molecular weight is 400 g/mol. The van der Waals surface area contributed by atoms with Crippen LogP contribution >= 0.6 is 23.1 Å². The first-order valence-electron chi connectivity index (χ1n) is 8.51. The van der Waals surface area contributed by atoms with E-state index in [0.29, 0.717) is 16.0 Å². The molecule has 0 unspecified atom stereocenters. The zero-order valence-corrected chi connectivity index (χ0v) is 16.2. The molecule has 9 heteroatoms. The van der Waals surface area contributed by atoms with Crippen LogP contribution in [0.3, 0.4) is 0 Å². The fourth-order valence-corrected chi connectivity index (χ4v) is 4.01. The Morgan fingerprint density at radius 2 is 2.04 bits per heavy atom. The maximum absolute atomic E-state index is 12.2. The first-order chi connectivity index (χ1) is 13.1. The number of anilines is 2. The van der Waals surface area contributed by atoms with E-state index in [1.807, 2.05) is 19.1 Å². The predicted octanol–water partition coefficient (Wildman–Crippen LogP) is 3.47. The molecule has 138 valence electrons. The Morgan fingerprint density at radius 3 is 2.78 bits per heavy atom. The highest BCUT2D eigenvalue weighted by Crippen LogP contribution is 2.30. The number of hydrogen-bond donors (Lipinski definition) is 2. The lowest BCUT2D eigenvalue weighted by Gasteiger charge is -2.04. The summed E-state index contributed by atoms with van der Waals surface area (Å²) in [6.07, 6.45) is 1.88. The molecule has 27 heavy (non-hydrogen) atoms. The maximum atomic E-state index is 12.2. The van der Waals surface area contributed by atoms with Crippen LogP contribution in [0, 0.1) is 12.8 Å². The molecule has 1 aliphatic rings. The summed E-state index contributed by atoms with van der Waals surface area (Å²) in [7, 11) is 0. The number of aromatic nitrogens is 3. The minimum Gasteiger partial charge on any atom is -0.309 e. The number of rotatable bonds is 6. The smallest absolute Gasteiger partial charge is 0.236 e. The predicted molar refractivity (Wildman–Crippen MR) is 107 cm³/mol. The molecule has 4 rings (SSSR count). The second kappa shape index (κ2) is 7.61. The summed E-state index contributed by atoms with van der Waals surface area (Å²) in [5, 5.41) is 14.8. The van der Waals surface area contributed by atoms with Crippen LogP contribution in [0.2, 0.25) is 0 Å². The fraction of sp³-hybridized carbons (Fsp3) is 0.278. The zero-order chi connectivity index (χ0) is 18.8. The standard InChI is InChI=1S/C18H17N5O2S2/c1-10-2-5-12-13(8-10)27-18(19-12)21-15(24)9-26-16-7-6-14(22-23-16)20-17(25)11-3-4-11/h2,5-8,11H,3-4,9H2,1H3,(H,19,21,24)(H,20,22,25). The third kappa shape index (κ3) is 4.61. The van der Waals surface area contributed by atoms with E-state index in [1.165, 1.54) is 23.1 Å². The van der Waals surface area contributed by atoms with Crippen molar-refractivity contribution in [1.82, 2.24) is 15.2 Å². The summed E-state index contributed by atoms with van der Waals surface area (Å²) in [6.45, 7) is 2.03. The third-order valence-electron chi connectivity index (χ3n) is 3.98. The van der Waals surface area contributed by atoms with Gasteiger partial charge in [0.25, 0.3) is 0 Å². The van der Waals surface area contributed by atoms with Crippen LogP contribution in [0.15, 0.2) is 35.4 Å². The van der Waals surface area contributed by atoms with Crippen molar-refractivity contribution in [1.29, 1.82) is 0 Å². The zero-order valence-electron chi connectivity index (χ0n) is 14.6. The van der Waals surface area contributed by atoms with Crippen LogP contribution in [-0.2, 0) is 9.59 Å². The fourth-order valence-electron chi connectivity index (χ4n) is 2.42. The largest absolute Gasteiger partial charge is 0.309 e. The molecule has 2 amide bonds. The van der Waals surface area contributed by atoms with Gasteiger partial charge in [0, 0.05) is 5.92 Å². The summed E-state index contributed by atoms with van der Waals surface area (Å²) < 4.78 is 1.05. The van der Waals surface area contributed by atoms with Gasteiger partial charge >= 0.3 is 0 Å². The summed E-state index contributed by atoms with van der Waals surface area (Å²) in [5.74, 6) is 0.609. The van der Waals surface area contributed by atoms with Crippen molar-refractivity contribution >= 4 is 56.1 Å². The molecule has 3 aromatic rings. The van der Waals surface area contributed by atoms with Crippen LogP contribution in [0.1, 0.15) is 18.4 Å². The number of nitrogens with one attached hydrogen (secondary N) is 2. The van der Waals surface area contributed by atoms with Crippen molar-refractivity contribution in [2.75, 3.05) is 16.4 Å². The SMILES string of the molecule is Cc1ccc2nc(NC(=O)CSc3ccc(NC(=O)C4CC4)nn3)sc2c1. The van der Waals surface area contributed by atoms with Crippen LogP contribution < -0.4 is 10.6 Å². The van der Waals surface area contributed by atoms with Crippen molar-refractivity contribution in [3.05, 3.63) is 35.9 Å². The molecular weight excluding hydrogens is 382 g/mol. The van der Waals surface area contributed by atoms with E-state index in [9.17, 15) is 9.59 Å². The van der Waals surface area contributed by atoms with Crippen molar-refractivity contribution in [2.24, 2.45) is 5.92 Å². The van der Waals surface area contributed by atoms with Gasteiger partial charge in [0.1, 0.15) is 5.03 Å². The number of aryl methyl sites for hydroxylation is 1. The highest BCUT2D eigenvalue weighted by Gasteiger charge is 2.29. The summed E-state index contributed by atoms with van der Waals surface area (Å²) >= 11 is 2.74. The van der Waals surface area contributed by atoms with E-state index in [4.69, 9.17) is 0 Å². The number of nitrogens with zero attached hydrogens (tertiary/aromatic N) is 3. The molecule has 1 aromatic carbocycles. The molecular formula is C18H17N5O2S2. The molecule has 0 saturated heterocycles. The van der Waals surface area contributed by atoms with E-state index >= 15 is 0 Å². The molecule has 0 spiro atoms. The van der Waals surface area contributed by atoms with Gasteiger partial charge in [-0.15, -0.1) is 10.2 Å². The van der Waals surface area contributed by atoms with Gasteiger partial charge in [0.15, 0.2) is 10.9 Å². The molecule has 0 radical (unpaired) electrons. The number of thioether (sulfide) groups is 1. The Balaban J connectivity index is 1.29. The van der Waals surface area contributed by atoms with E-state index in [-0.39, 0.29) is 23.5 Å². The van der Waals surface area contributed by atoms with Crippen LogP contribution in [-0.4, -0.2) is 32.7 Å². The molecule has 7 nitrogen and oxygen atoms in total. The van der Waals surface area contributed by atoms with Gasteiger partial charge in [0.05, 0.1) is 16.0 Å². The Hall–Kier alpha value is -2.52. The number of carbonyl (C=O) groups is 2. The highest BCUT2D eigenvalue weighted by atomic mass is 32.2. The van der Waals surface area contributed by atoms with Crippen LogP contribution in [0.25, 0.3) is 10.2 Å². The van der Waals surface area contributed by atoms with Crippen molar-refractivity contribution in [3.63, 3.8) is 0 Å². The molecule has 0 atom stereocenters. The molecule has 2 aromatic heterocycles. The first-order valence-corrected chi connectivity index (χ1v) is 10.3. The van der Waals surface area contributed by atoms with Crippen molar-refractivity contribution in [3.8, 4) is 0 Å². The molecule has 1 aliphatic carbocycles. The molecule has 2 N–H and O–H groups in total. The van der Waals surface area contributed by atoms with E-state index in [2.05, 4.69) is 31.9 Å². The quantitative estimate of drug-likeness (QED) is 0.616. The summed E-state index contributed by atoms with van der Waals surface area (Å²) in [5.41, 5.74) is 2.04. The van der Waals surface area contributed by atoms with E-state index in [1.54, 1.807) is 12.1 Å². The Morgan fingerprint density at radius 1 is 1.19 bits per heavy atom. The number of carbonyl (C=O) groups excluding carboxylic acids is 2. The average Bonchev–Trinajstić information content (AvgIpc) is 3.42. The minimum atomic E-state index is -0.149. The van der Waals surface area contributed by atoms with Crippen molar-refractivity contribution < 1.29 is 9.59 Å². The van der Waals surface area contributed by atoms with E-state index in [0.717, 1.165) is 28.6 Å². The summed E-state index contributed by atoms with van der Waals surface area (Å²) in [4.78, 5) is 28.3. The molecule has 2 heterocycles. The van der Waals surface area contributed by atoms with Gasteiger partial charge < -0.3 is 10.6 Å².